The van der Waals surface area contributed by atoms with Crippen LogP contribution < -0.4 is 0 Å². The lowest BCUT2D eigenvalue weighted by Crippen LogP contribution is -2.52. The summed E-state index contributed by atoms with van der Waals surface area (Å²) in [6, 6.07) is 4.06. The number of thiazole rings is 1. The van der Waals surface area contributed by atoms with Crippen LogP contribution in [0, 0.1) is 0 Å². The first kappa shape index (κ1) is 22.7. The third-order valence-electron chi connectivity index (χ3n) is 5.14. The van der Waals surface area contributed by atoms with Crippen molar-refractivity contribution < 1.29 is 32.7 Å². The minimum absolute atomic E-state index is 0.0121. The first-order chi connectivity index (χ1) is 14.7. The van der Waals surface area contributed by atoms with Gasteiger partial charge in [-0.3, -0.25) is 14.6 Å². The summed E-state index contributed by atoms with van der Waals surface area (Å²) in [5.41, 5.74) is 3.27. The lowest BCUT2D eigenvalue weighted by molar-refractivity contribution is -0.192. The molecule has 2 aliphatic heterocycles. The molecule has 2 amide bonds. The number of carbonyl (C=O) groups is 3. The van der Waals surface area contributed by atoms with Crippen molar-refractivity contribution in [1.29, 1.82) is 0 Å². The predicted molar refractivity (Wildman–Crippen MR) is 103 cm³/mol. The van der Waals surface area contributed by atoms with Gasteiger partial charge in [0.25, 0.3) is 5.91 Å². The molecule has 2 fully saturated rings. The van der Waals surface area contributed by atoms with E-state index in [2.05, 4.69) is 9.97 Å². The predicted octanol–water partition coefficient (Wildman–Crippen LogP) is 2.58. The molecule has 0 aromatic carbocycles. The van der Waals surface area contributed by atoms with Crippen LogP contribution in [0.3, 0.4) is 0 Å². The lowest BCUT2D eigenvalue weighted by atomic mass is 9.95. The van der Waals surface area contributed by atoms with Crippen LogP contribution in [0.15, 0.2) is 35.4 Å². The Morgan fingerprint density at radius 1 is 1.19 bits per heavy atom. The van der Waals surface area contributed by atoms with Crippen molar-refractivity contribution in [2.75, 3.05) is 6.54 Å². The fourth-order valence-electron chi connectivity index (χ4n) is 3.76. The van der Waals surface area contributed by atoms with Crippen molar-refractivity contribution in [3.63, 3.8) is 0 Å². The van der Waals surface area contributed by atoms with E-state index >= 15 is 0 Å². The van der Waals surface area contributed by atoms with Gasteiger partial charge in [-0.25, -0.2) is 9.78 Å². The van der Waals surface area contributed by atoms with Gasteiger partial charge < -0.3 is 14.9 Å². The molecule has 12 heteroatoms. The first-order valence-electron chi connectivity index (χ1n) is 9.36. The highest BCUT2D eigenvalue weighted by Crippen LogP contribution is 2.33. The molecule has 2 aromatic rings. The number of fused-ring (bicyclic) bond motifs is 1. The number of alkyl halides is 3. The molecule has 8 nitrogen and oxygen atoms in total. The molecule has 0 radical (unpaired) electrons. The molecule has 0 aliphatic carbocycles. The minimum atomic E-state index is -5.08. The number of carboxylic acids is 1. The second-order valence-electron chi connectivity index (χ2n) is 7.01. The number of amides is 2. The summed E-state index contributed by atoms with van der Waals surface area (Å²) in [5.74, 6) is -2.59. The molecule has 2 aliphatic rings. The Bertz CT molecular complexity index is 924. The number of rotatable bonds is 3. The van der Waals surface area contributed by atoms with Crippen LogP contribution in [0.1, 0.15) is 35.3 Å². The maximum Gasteiger partial charge on any atom is 0.490 e. The molecule has 0 unspecified atom stereocenters. The van der Waals surface area contributed by atoms with Gasteiger partial charge in [-0.05, 0) is 30.5 Å². The van der Waals surface area contributed by atoms with E-state index in [1.807, 2.05) is 21.9 Å². The molecule has 0 saturated carbocycles. The van der Waals surface area contributed by atoms with Gasteiger partial charge in [0.05, 0.1) is 17.6 Å². The number of hydrogen-bond donors (Lipinski definition) is 1. The zero-order valence-electron chi connectivity index (χ0n) is 16.2. The average Bonchev–Trinajstić information content (AvgIpc) is 3.40. The molecule has 4 heterocycles. The summed E-state index contributed by atoms with van der Waals surface area (Å²) in [7, 11) is 0. The second-order valence-corrected chi connectivity index (χ2v) is 7.73. The summed E-state index contributed by atoms with van der Waals surface area (Å²) in [6.07, 6.45) is 0.471. The molecule has 0 spiro atoms. The van der Waals surface area contributed by atoms with Crippen molar-refractivity contribution in [3.05, 3.63) is 46.7 Å². The topological polar surface area (TPSA) is 104 Å². The monoisotopic (exact) mass is 456 g/mol. The summed E-state index contributed by atoms with van der Waals surface area (Å²) >= 11 is 1.43. The van der Waals surface area contributed by atoms with Gasteiger partial charge in [0, 0.05) is 37.3 Å². The van der Waals surface area contributed by atoms with Crippen molar-refractivity contribution in [1.82, 2.24) is 19.8 Å². The molecule has 166 valence electrons. The van der Waals surface area contributed by atoms with Gasteiger partial charge in [0.15, 0.2) is 0 Å². The third kappa shape index (κ3) is 5.37. The fourth-order valence-corrected chi connectivity index (χ4v) is 4.28. The molecule has 1 N–H and O–H groups in total. The number of likely N-dealkylation sites (tertiary alicyclic amines) is 2. The first-order valence-corrected chi connectivity index (χ1v) is 10.3. The number of piperidine rings is 1. The number of aliphatic carboxylic acids is 1. The van der Waals surface area contributed by atoms with E-state index in [0.717, 1.165) is 18.4 Å². The van der Waals surface area contributed by atoms with Crippen molar-refractivity contribution >= 4 is 29.1 Å². The standard InChI is InChI=1S/C17H18N4O2S.C2HF3O2/c22-16-2-1-14-15(21(16)9-12-3-6-18-7-4-12)5-8-20(14)17(23)13-10-24-11-19-13;3-2(4,5)1(6)7/h3-4,6-7,10-11,14-15H,1-2,5,8-9H2;(H,6,7)/t14-,15-;/m0./s1. The second kappa shape index (κ2) is 9.41. The maximum absolute atomic E-state index is 12.7. The number of hydrogen-bond acceptors (Lipinski definition) is 6. The summed E-state index contributed by atoms with van der Waals surface area (Å²) in [5, 5.41) is 8.92. The molecular formula is C19H19F3N4O4S. The van der Waals surface area contributed by atoms with Gasteiger partial charge in [-0.2, -0.15) is 13.2 Å². The molecule has 2 atom stereocenters. The highest BCUT2D eigenvalue weighted by Gasteiger charge is 2.45. The lowest BCUT2D eigenvalue weighted by Gasteiger charge is -2.39. The van der Waals surface area contributed by atoms with Gasteiger partial charge in [0.2, 0.25) is 5.91 Å². The van der Waals surface area contributed by atoms with E-state index in [1.54, 1.807) is 23.3 Å². The van der Waals surface area contributed by atoms with Crippen molar-refractivity contribution in [2.24, 2.45) is 0 Å². The summed E-state index contributed by atoms with van der Waals surface area (Å²) in [4.78, 5) is 46.0. The van der Waals surface area contributed by atoms with Crippen LogP contribution in [0.25, 0.3) is 0 Å². The van der Waals surface area contributed by atoms with E-state index in [1.165, 1.54) is 11.3 Å². The zero-order valence-corrected chi connectivity index (χ0v) is 17.0. The molecule has 31 heavy (non-hydrogen) atoms. The van der Waals surface area contributed by atoms with Gasteiger partial charge in [0.1, 0.15) is 5.69 Å². The molecule has 2 saturated heterocycles. The number of carboxylic acid groups (broad SMARTS) is 1. The summed E-state index contributed by atoms with van der Waals surface area (Å²) in [6.45, 7) is 1.27. The van der Waals surface area contributed by atoms with Crippen molar-refractivity contribution in [2.45, 2.75) is 44.1 Å². The quantitative estimate of drug-likeness (QED) is 0.762. The number of halogens is 3. The van der Waals surface area contributed by atoms with E-state index in [-0.39, 0.29) is 23.9 Å². The maximum atomic E-state index is 12.7. The fraction of sp³-hybridized carbons (Fsp3) is 0.421. The molecule has 2 aromatic heterocycles. The SMILES string of the molecule is O=C(O)C(F)(F)F.O=C1CC[C@H]2[C@H](CCN2C(=O)c2cscn2)N1Cc1ccncc1. The Balaban J connectivity index is 0.000000339. The number of nitrogens with zero attached hydrogens (tertiary/aromatic N) is 4. The Hall–Kier alpha value is -3.02. The highest BCUT2D eigenvalue weighted by atomic mass is 32.1. The molecular weight excluding hydrogens is 437 g/mol. The van der Waals surface area contributed by atoms with Gasteiger partial charge in [-0.1, -0.05) is 0 Å². The van der Waals surface area contributed by atoms with E-state index in [4.69, 9.17) is 9.90 Å². The van der Waals surface area contributed by atoms with Gasteiger partial charge in [-0.15, -0.1) is 11.3 Å². The van der Waals surface area contributed by atoms with E-state index < -0.39 is 12.1 Å². The summed E-state index contributed by atoms with van der Waals surface area (Å²) < 4.78 is 31.7. The Morgan fingerprint density at radius 2 is 1.87 bits per heavy atom. The van der Waals surface area contributed by atoms with Crippen LogP contribution in [-0.4, -0.2) is 67.5 Å². The van der Waals surface area contributed by atoms with E-state index in [0.29, 0.717) is 25.2 Å². The Morgan fingerprint density at radius 3 is 2.45 bits per heavy atom. The van der Waals surface area contributed by atoms with Crippen LogP contribution in [0.4, 0.5) is 13.2 Å². The zero-order chi connectivity index (χ0) is 22.6. The molecule has 4 rings (SSSR count). The van der Waals surface area contributed by atoms with Gasteiger partial charge >= 0.3 is 12.1 Å². The highest BCUT2D eigenvalue weighted by molar-refractivity contribution is 7.07. The van der Waals surface area contributed by atoms with Crippen molar-refractivity contribution in [3.8, 4) is 0 Å². The average molecular weight is 456 g/mol. The van der Waals surface area contributed by atoms with Crippen LogP contribution in [0.5, 0.6) is 0 Å². The largest absolute Gasteiger partial charge is 0.490 e. The number of pyridine rings is 1. The smallest absolute Gasteiger partial charge is 0.475 e. The van der Waals surface area contributed by atoms with Crippen LogP contribution in [-0.2, 0) is 16.1 Å². The number of aromatic nitrogens is 2. The Labute approximate surface area is 179 Å². The minimum Gasteiger partial charge on any atom is -0.475 e. The Kier molecular flexibility index (Phi) is 6.88. The number of carbonyl (C=O) groups excluding carboxylic acids is 2. The van der Waals surface area contributed by atoms with E-state index in [9.17, 15) is 22.8 Å². The van der Waals surface area contributed by atoms with Crippen LogP contribution >= 0.6 is 11.3 Å². The third-order valence-corrected chi connectivity index (χ3v) is 5.73. The normalized spacial score (nSPS) is 20.7. The molecule has 0 bridgehead atoms. The van der Waals surface area contributed by atoms with Crippen LogP contribution in [0.2, 0.25) is 0 Å².